The van der Waals surface area contributed by atoms with Crippen LogP contribution < -0.4 is 5.32 Å². The average molecular weight is 358 g/mol. The Kier molecular flexibility index (Phi) is 17.7. The van der Waals surface area contributed by atoms with Crippen LogP contribution in [0.25, 0.3) is 0 Å². The number of hydrogen-bond donors (Lipinski definition) is 3. The molecule has 25 heavy (non-hydrogen) atoms. The van der Waals surface area contributed by atoms with Crippen molar-refractivity contribution in [1.29, 1.82) is 0 Å². The Labute approximate surface area is 155 Å². The van der Waals surface area contributed by atoms with Gasteiger partial charge in [-0.25, -0.2) is 0 Å². The summed E-state index contributed by atoms with van der Waals surface area (Å²) in [6.45, 7) is 4.24. The van der Waals surface area contributed by atoms with Gasteiger partial charge in [0, 0.05) is 13.0 Å². The van der Waals surface area contributed by atoms with Gasteiger partial charge in [-0.15, -0.1) is 0 Å². The van der Waals surface area contributed by atoms with Crippen molar-refractivity contribution in [3.63, 3.8) is 0 Å². The van der Waals surface area contributed by atoms with E-state index in [-0.39, 0.29) is 12.0 Å². The van der Waals surface area contributed by atoms with Gasteiger partial charge in [0.25, 0.3) is 0 Å². The highest BCUT2D eigenvalue weighted by molar-refractivity contribution is 5.75. The van der Waals surface area contributed by atoms with Crippen molar-refractivity contribution in [1.82, 2.24) is 5.32 Å². The van der Waals surface area contributed by atoms with Crippen molar-refractivity contribution in [2.45, 2.75) is 122 Å². The van der Waals surface area contributed by atoms with Crippen LogP contribution in [0.5, 0.6) is 0 Å². The van der Waals surface area contributed by atoms with Crippen molar-refractivity contribution in [3.8, 4) is 0 Å². The summed E-state index contributed by atoms with van der Waals surface area (Å²) >= 11 is 0. The number of rotatable bonds is 18. The van der Waals surface area contributed by atoms with Crippen LogP contribution in [-0.2, 0) is 4.79 Å². The first-order valence-corrected chi connectivity index (χ1v) is 10.7. The number of hydrogen-bond acceptors (Lipinski definition) is 3. The molecule has 4 nitrogen and oxygen atoms in total. The fraction of sp³-hybridized carbons (Fsp3) is 0.952. The lowest BCUT2D eigenvalue weighted by atomic mass is 10.0. The van der Waals surface area contributed by atoms with E-state index in [1.165, 1.54) is 57.8 Å². The van der Waals surface area contributed by atoms with E-state index in [2.05, 4.69) is 12.2 Å². The SMILES string of the molecule is CCCCCCC(O)CCCCCCCCCCC(=O)NCC(C)O. The second-order valence-corrected chi connectivity index (χ2v) is 7.52. The zero-order valence-corrected chi connectivity index (χ0v) is 16.8. The Morgan fingerprint density at radius 1 is 0.800 bits per heavy atom. The smallest absolute Gasteiger partial charge is 0.220 e. The van der Waals surface area contributed by atoms with Crippen LogP contribution in [0.15, 0.2) is 0 Å². The molecule has 0 aromatic heterocycles. The molecule has 0 aliphatic heterocycles. The molecular weight excluding hydrogens is 314 g/mol. The highest BCUT2D eigenvalue weighted by Gasteiger charge is 2.04. The summed E-state index contributed by atoms with van der Waals surface area (Å²) in [5.74, 6) is 0.0501. The molecule has 2 unspecified atom stereocenters. The summed E-state index contributed by atoms with van der Waals surface area (Å²) in [6.07, 6.45) is 16.3. The summed E-state index contributed by atoms with van der Waals surface area (Å²) < 4.78 is 0. The van der Waals surface area contributed by atoms with Crippen LogP contribution >= 0.6 is 0 Å². The molecule has 1 amide bonds. The molecule has 0 heterocycles. The van der Waals surface area contributed by atoms with Gasteiger partial charge < -0.3 is 15.5 Å². The van der Waals surface area contributed by atoms with Gasteiger partial charge in [-0.3, -0.25) is 4.79 Å². The summed E-state index contributed by atoms with van der Waals surface area (Å²) in [5, 5.41) is 21.7. The second-order valence-electron chi connectivity index (χ2n) is 7.52. The maximum atomic E-state index is 11.5. The molecule has 0 radical (unpaired) electrons. The summed E-state index contributed by atoms with van der Waals surface area (Å²) in [7, 11) is 0. The van der Waals surface area contributed by atoms with Gasteiger partial charge in [0.1, 0.15) is 0 Å². The van der Waals surface area contributed by atoms with Crippen LogP contribution in [0.3, 0.4) is 0 Å². The molecule has 4 heteroatoms. The van der Waals surface area contributed by atoms with E-state index in [9.17, 15) is 9.90 Å². The van der Waals surface area contributed by atoms with Crippen LogP contribution in [0, 0.1) is 0 Å². The molecule has 150 valence electrons. The third-order valence-electron chi connectivity index (χ3n) is 4.68. The fourth-order valence-electron chi connectivity index (χ4n) is 3.03. The van der Waals surface area contributed by atoms with Crippen molar-refractivity contribution < 1.29 is 15.0 Å². The molecule has 0 rings (SSSR count). The van der Waals surface area contributed by atoms with E-state index in [0.29, 0.717) is 13.0 Å². The lowest BCUT2D eigenvalue weighted by molar-refractivity contribution is -0.121. The van der Waals surface area contributed by atoms with E-state index in [1.807, 2.05) is 0 Å². The number of unbranched alkanes of at least 4 members (excludes halogenated alkanes) is 10. The van der Waals surface area contributed by atoms with E-state index in [4.69, 9.17) is 5.11 Å². The first kappa shape index (κ1) is 24.4. The standard InChI is InChI=1S/C21H43NO3/c1-3-4-5-12-15-20(24)16-13-10-8-6-7-9-11-14-17-21(25)22-18-19(2)23/h19-20,23-24H,3-18H2,1-2H3,(H,22,25). The number of nitrogens with one attached hydrogen (secondary N) is 1. The number of carbonyl (C=O) groups is 1. The maximum Gasteiger partial charge on any atom is 0.220 e. The summed E-state index contributed by atoms with van der Waals surface area (Å²) in [6, 6.07) is 0. The largest absolute Gasteiger partial charge is 0.393 e. The molecule has 2 atom stereocenters. The number of carbonyl (C=O) groups excluding carboxylic acids is 1. The van der Waals surface area contributed by atoms with Gasteiger partial charge in [0.05, 0.1) is 12.2 Å². The second kappa shape index (κ2) is 18.2. The molecule has 0 aliphatic rings. The van der Waals surface area contributed by atoms with Crippen molar-refractivity contribution in [2.24, 2.45) is 0 Å². The average Bonchev–Trinajstić information content (AvgIpc) is 2.58. The number of aliphatic hydroxyl groups is 2. The minimum atomic E-state index is -0.467. The Morgan fingerprint density at radius 3 is 1.80 bits per heavy atom. The van der Waals surface area contributed by atoms with E-state index < -0.39 is 6.10 Å². The Balaban J connectivity index is 3.22. The number of aliphatic hydroxyl groups excluding tert-OH is 2. The van der Waals surface area contributed by atoms with Gasteiger partial charge in [0.2, 0.25) is 5.91 Å². The topological polar surface area (TPSA) is 69.6 Å². The van der Waals surface area contributed by atoms with Crippen molar-refractivity contribution >= 4 is 5.91 Å². The molecular formula is C21H43NO3. The minimum Gasteiger partial charge on any atom is -0.393 e. The summed E-state index contributed by atoms with van der Waals surface area (Å²) in [4.78, 5) is 11.5. The predicted octanol–water partition coefficient (Wildman–Crippen LogP) is 4.72. The molecule has 0 bridgehead atoms. The van der Waals surface area contributed by atoms with Gasteiger partial charge in [-0.1, -0.05) is 77.6 Å². The number of amides is 1. The third kappa shape index (κ3) is 19.6. The Morgan fingerprint density at radius 2 is 1.28 bits per heavy atom. The monoisotopic (exact) mass is 357 g/mol. The fourth-order valence-corrected chi connectivity index (χ4v) is 3.03. The quantitative estimate of drug-likeness (QED) is 0.311. The zero-order chi connectivity index (χ0) is 18.8. The van der Waals surface area contributed by atoms with Gasteiger partial charge >= 0.3 is 0 Å². The maximum absolute atomic E-state index is 11.5. The first-order chi connectivity index (χ1) is 12.1. The van der Waals surface area contributed by atoms with E-state index in [0.717, 1.165) is 32.1 Å². The minimum absolute atomic E-state index is 0.0501. The first-order valence-electron chi connectivity index (χ1n) is 10.7. The Bertz CT molecular complexity index is 295. The van der Waals surface area contributed by atoms with E-state index in [1.54, 1.807) is 6.92 Å². The molecule has 0 aliphatic carbocycles. The predicted molar refractivity (Wildman–Crippen MR) is 106 cm³/mol. The molecule has 0 saturated heterocycles. The van der Waals surface area contributed by atoms with Crippen molar-refractivity contribution in [3.05, 3.63) is 0 Å². The molecule has 3 N–H and O–H groups in total. The molecule has 0 spiro atoms. The van der Waals surface area contributed by atoms with Gasteiger partial charge in [0.15, 0.2) is 0 Å². The lowest BCUT2D eigenvalue weighted by Crippen LogP contribution is -2.30. The molecule has 0 aromatic carbocycles. The lowest BCUT2D eigenvalue weighted by Gasteiger charge is -2.10. The highest BCUT2D eigenvalue weighted by Crippen LogP contribution is 2.14. The molecule has 0 aromatic rings. The Hall–Kier alpha value is -0.610. The van der Waals surface area contributed by atoms with Gasteiger partial charge in [-0.2, -0.15) is 0 Å². The normalized spacial score (nSPS) is 13.6. The molecule has 0 fully saturated rings. The van der Waals surface area contributed by atoms with Crippen LogP contribution in [0.4, 0.5) is 0 Å². The van der Waals surface area contributed by atoms with Crippen LogP contribution in [-0.4, -0.2) is 34.9 Å². The zero-order valence-electron chi connectivity index (χ0n) is 16.8. The van der Waals surface area contributed by atoms with Crippen LogP contribution in [0.2, 0.25) is 0 Å². The third-order valence-corrected chi connectivity index (χ3v) is 4.68. The highest BCUT2D eigenvalue weighted by atomic mass is 16.3. The van der Waals surface area contributed by atoms with Crippen molar-refractivity contribution in [2.75, 3.05) is 6.54 Å². The van der Waals surface area contributed by atoms with E-state index >= 15 is 0 Å². The van der Waals surface area contributed by atoms with Gasteiger partial charge in [-0.05, 0) is 26.2 Å². The molecule has 0 saturated carbocycles. The summed E-state index contributed by atoms with van der Waals surface area (Å²) in [5.41, 5.74) is 0. The van der Waals surface area contributed by atoms with Crippen LogP contribution in [0.1, 0.15) is 110 Å².